The average molecular weight is 479 g/mol. The van der Waals surface area contributed by atoms with Crippen LogP contribution < -0.4 is 24.2 Å². The molecule has 1 aliphatic heterocycles. The summed E-state index contributed by atoms with van der Waals surface area (Å²) in [4.78, 5) is 9.16. The van der Waals surface area contributed by atoms with E-state index in [2.05, 4.69) is 20.0 Å². The summed E-state index contributed by atoms with van der Waals surface area (Å²) < 4.78 is 45.5. The van der Waals surface area contributed by atoms with Gasteiger partial charge in [0.1, 0.15) is 19.0 Å². The van der Waals surface area contributed by atoms with Gasteiger partial charge in [0.2, 0.25) is 0 Å². The van der Waals surface area contributed by atoms with Crippen LogP contribution in [0.15, 0.2) is 71.6 Å². The fourth-order valence-corrected chi connectivity index (χ4v) is 4.62. The number of rotatable bonds is 7. The molecule has 0 bridgehead atoms. The number of aromatic nitrogens is 2. The van der Waals surface area contributed by atoms with E-state index in [1.807, 2.05) is 42.5 Å². The van der Waals surface area contributed by atoms with Crippen molar-refractivity contribution < 1.29 is 22.6 Å². The maximum atomic E-state index is 13.2. The van der Waals surface area contributed by atoms with Gasteiger partial charge >= 0.3 is 0 Å². The molecule has 174 valence electrons. The minimum Gasteiger partial charge on any atom is -0.496 e. The number of fused-ring (bicyclic) bond motifs is 2. The zero-order valence-electron chi connectivity index (χ0n) is 18.3. The number of nitrogens with zero attached hydrogens (tertiary/aromatic N) is 2. The number of hydrogen-bond acceptors (Lipinski definition) is 8. The Morgan fingerprint density at radius 1 is 0.882 bits per heavy atom. The van der Waals surface area contributed by atoms with Gasteiger partial charge < -0.3 is 19.5 Å². The molecule has 3 aromatic carbocycles. The number of methoxy groups -OCH3 is 1. The van der Waals surface area contributed by atoms with E-state index in [1.165, 1.54) is 12.1 Å². The van der Waals surface area contributed by atoms with Crippen LogP contribution in [0.1, 0.15) is 5.56 Å². The largest absolute Gasteiger partial charge is 0.496 e. The summed E-state index contributed by atoms with van der Waals surface area (Å²) >= 11 is 0. The monoisotopic (exact) mass is 478 g/mol. The Labute approximate surface area is 196 Å². The van der Waals surface area contributed by atoms with E-state index in [4.69, 9.17) is 14.2 Å². The summed E-state index contributed by atoms with van der Waals surface area (Å²) in [6.07, 6.45) is 0. The maximum Gasteiger partial charge on any atom is 0.263 e. The summed E-state index contributed by atoms with van der Waals surface area (Å²) in [7, 11) is -2.39. The molecule has 4 aromatic rings. The molecule has 0 saturated heterocycles. The van der Waals surface area contributed by atoms with Gasteiger partial charge in [-0.15, -0.1) is 0 Å². The van der Waals surface area contributed by atoms with Crippen LogP contribution in [0.5, 0.6) is 17.2 Å². The Bertz CT molecular complexity index is 1460. The molecular formula is C24H22N4O5S. The van der Waals surface area contributed by atoms with E-state index in [0.29, 0.717) is 53.9 Å². The second-order valence-electron chi connectivity index (χ2n) is 7.49. The van der Waals surface area contributed by atoms with Crippen LogP contribution in [0.2, 0.25) is 0 Å². The smallest absolute Gasteiger partial charge is 0.263 e. The SMILES string of the molecule is COc1ccccc1CNc1nc2ccccc2nc1NS(=O)(=O)c1ccc2c(c1)OCCO2. The summed E-state index contributed by atoms with van der Waals surface area (Å²) in [6, 6.07) is 19.3. The Kier molecular flexibility index (Phi) is 5.81. The highest BCUT2D eigenvalue weighted by Crippen LogP contribution is 2.33. The molecule has 0 atom stereocenters. The molecular weight excluding hydrogens is 456 g/mol. The third-order valence-electron chi connectivity index (χ3n) is 5.26. The third-order valence-corrected chi connectivity index (χ3v) is 6.60. The number of anilines is 2. The number of ether oxygens (including phenoxy) is 3. The van der Waals surface area contributed by atoms with Gasteiger partial charge in [-0.2, -0.15) is 0 Å². The summed E-state index contributed by atoms with van der Waals surface area (Å²) in [5.41, 5.74) is 2.08. The molecule has 0 amide bonds. The first-order valence-electron chi connectivity index (χ1n) is 10.6. The van der Waals surface area contributed by atoms with E-state index in [0.717, 1.165) is 5.56 Å². The van der Waals surface area contributed by atoms with Gasteiger partial charge in [0.15, 0.2) is 23.1 Å². The quantitative estimate of drug-likeness (QED) is 0.412. The lowest BCUT2D eigenvalue weighted by Gasteiger charge is -2.19. The molecule has 34 heavy (non-hydrogen) atoms. The molecule has 0 radical (unpaired) electrons. The maximum absolute atomic E-state index is 13.2. The predicted molar refractivity (Wildman–Crippen MR) is 128 cm³/mol. The molecule has 10 heteroatoms. The Morgan fingerprint density at radius 3 is 2.32 bits per heavy atom. The minimum absolute atomic E-state index is 0.0300. The molecule has 9 nitrogen and oxygen atoms in total. The van der Waals surface area contributed by atoms with Crippen molar-refractivity contribution in [2.24, 2.45) is 0 Å². The van der Waals surface area contributed by atoms with Gasteiger partial charge in [-0.1, -0.05) is 30.3 Å². The Balaban J connectivity index is 1.49. The number of benzene rings is 3. The van der Waals surface area contributed by atoms with Gasteiger partial charge in [-0.3, -0.25) is 4.72 Å². The zero-order chi connectivity index (χ0) is 23.5. The van der Waals surface area contributed by atoms with Crippen molar-refractivity contribution in [1.29, 1.82) is 0 Å². The van der Waals surface area contributed by atoms with E-state index in [1.54, 1.807) is 19.2 Å². The molecule has 1 aromatic heterocycles. The van der Waals surface area contributed by atoms with Gasteiger partial charge in [0.05, 0.1) is 23.0 Å². The van der Waals surface area contributed by atoms with Gasteiger partial charge in [0, 0.05) is 18.2 Å². The van der Waals surface area contributed by atoms with Crippen LogP contribution in [0.25, 0.3) is 11.0 Å². The van der Waals surface area contributed by atoms with E-state index in [9.17, 15) is 8.42 Å². The fourth-order valence-electron chi connectivity index (χ4n) is 3.60. The van der Waals surface area contributed by atoms with Crippen LogP contribution in [-0.4, -0.2) is 38.7 Å². The van der Waals surface area contributed by atoms with Gasteiger partial charge in [0.25, 0.3) is 10.0 Å². The second kappa shape index (κ2) is 9.06. The number of para-hydroxylation sites is 3. The van der Waals surface area contributed by atoms with Crippen LogP contribution >= 0.6 is 0 Å². The molecule has 2 N–H and O–H groups in total. The number of sulfonamides is 1. The summed E-state index contributed by atoms with van der Waals surface area (Å²) in [6.45, 7) is 1.14. The van der Waals surface area contributed by atoms with Crippen molar-refractivity contribution in [3.63, 3.8) is 0 Å². The highest BCUT2D eigenvalue weighted by atomic mass is 32.2. The summed E-state index contributed by atoms with van der Waals surface area (Å²) in [5, 5.41) is 3.20. The first kappa shape index (κ1) is 21.8. The van der Waals surface area contributed by atoms with Crippen molar-refractivity contribution in [1.82, 2.24) is 9.97 Å². The van der Waals surface area contributed by atoms with Crippen LogP contribution in [0.4, 0.5) is 11.6 Å². The van der Waals surface area contributed by atoms with Crippen molar-refractivity contribution in [2.45, 2.75) is 11.4 Å². The summed E-state index contributed by atoms with van der Waals surface area (Å²) in [5.74, 6) is 1.99. The highest BCUT2D eigenvalue weighted by Gasteiger charge is 2.22. The van der Waals surface area contributed by atoms with Crippen molar-refractivity contribution in [3.8, 4) is 17.2 Å². The number of hydrogen-bond donors (Lipinski definition) is 2. The van der Waals surface area contributed by atoms with E-state index in [-0.39, 0.29) is 10.7 Å². The van der Waals surface area contributed by atoms with Crippen LogP contribution in [-0.2, 0) is 16.6 Å². The molecule has 0 fully saturated rings. The lowest BCUT2D eigenvalue weighted by Crippen LogP contribution is -2.18. The predicted octanol–water partition coefficient (Wildman–Crippen LogP) is 3.82. The number of nitrogens with one attached hydrogen (secondary N) is 2. The first-order chi connectivity index (χ1) is 16.5. The lowest BCUT2D eigenvalue weighted by atomic mass is 10.2. The fraction of sp³-hybridized carbons (Fsp3) is 0.167. The van der Waals surface area contributed by atoms with Crippen molar-refractivity contribution in [2.75, 3.05) is 30.4 Å². The molecule has 0 aliphatic carbocycles. The third kappa shape index (κ3) is 4.40. The zero-order valence-corrected chi connectivity index (χ0v) is 19.1. The lowest BCUT2D eigenvalue weighted by molar-refractivity contribution is 0.171. The molecule has 0 unspecified atom stereocenters. The van der Waals surface area contributed by atoms with Gasteiger partial charge in [-0.25, -0.2) is 18.4 Å². The van der Waals surface area contributed by atoms with E-state index < -0.39 is 10.0 Å². The first-order valence-corrected chi connectivity index (χ1v) is 12.1. The molecule has 5 rings (SSSR count). The van der Waals surface area contributed by atoms with Crippen LogP contribution in [0, 0.1) is 0 Å². The Morgan fingerprint density at radius 2 is 1.56 bits per heavy atom. The van der Waals surface area contributed by atoms with Gasteiger partial charge in [-0.05, 0) is 30.3 Å². The van der Waals surface area contributed by atoms with E-state index >= 15 is 0 Å². The van der Waals surface area contributed by atoms with Crippen LogP contribution in [0.3, 0.4) is 0 Å². The standard InChI is InChI=1S/C24H22N4O5S/c1-31-20-9-5-2-6-16(20)15-25-23-24(27-19-8-4-3-7-18(19)26-23)28-34(29,30)17-10-11-21-22(14-17)33-13-12-32-21/h2-11,14H,12-13,15H2,1H3,(H,25,26)(H,27,28). The Hall–Kier alpha value is -4.05. The molecule has 1 aliphatic rings. The second-order valence-corrected chi connectivity index (χ2v) is 9.17. The molecule has 2 heterocycles. The van der Waals surface area contributed by atoms with Crippen molar-refractivity contribution >= 4 is 32.7 Å². The average Bonchev–Trinajstić information content (AvgIpc) is 2.87. The normalized spacial score (nSPS) is 12.9. The molecule has 0 saturated carbocycles. The van der Waals surface area contributed by atoms with Crippen molar-refractivity contribution in [3.05, 3.63) is 72.3 Å². The molecule has 0 spiro atoms. The topological polar surface area (TPSA) is 112 Å². The minimum atomic E-state index is -3.99. The highest BCUT2D eigenvalue weighted by molar-refractivity contribution is 7.92.